The van der Waals surface area contributed by atoms with Gasteiger partial charge in [0.2, 0.25) is 0 Å². The van der Waals surface area contributed by atoms with Crippen LogP contribution in [0.5, 0.6) is 11.5 Å². The van der Waals surface area contributed by atoms with Crippen molar-refractivity contribution in [3.8, 4) is 22.8 Å². The number of alkyl halides is 4. The van der Waals surface area contributed by atoms with Crippen molar-refractivity contribution >= 4 is 11.6 Å². The van der Waals surface area contributed by atoms with E-state index < -0.39 is 24.3 Å². The summed E-state index contributed by atoms with van der Waals surface area (Å²) in [7, 11) is 1.38. The fourth-order valence-corrected chi connectivity index (χ4v) is 4.28. The number of benzene rings is 1. The standard InChI is InChI=1S/C23H22F4N4O3/c1-33-18-7-15(6-14-2-4-30(12-23(25,26)27)21(32)20(14)18)17-9-29-19-8-16(3-5-31(17)19)34-13-22(24)10-28-11-22/h3,5-9,28H,2,4,10-13H2,1H3. The van der Waals surface area contributed by atoms with E-state index in [9.17, 15) is 22.4 Å². The van der Waals surface area contributed by atoms with Gasteiger partial charge in [0.15, 0.2) is 5.67 Å². The van der Waals surface area contributed by atoms with Gasteiger partial charge in [-0.2, -0.15) is 13.2 Å². The molecule has 0 aliphatic carbocycles. The first-order chi connectivity index (χ1) is 16.2. The Labute approximate surface area is 192 Å². The quantitative estimate of drug-likeness (QED) is 0.551. The smallest absolute Gasteiger partial charge is 0.406 e. The Morgan fingerprint density at radius 3 is 2.71 bits per heavy atom. The third kappa shape index (κ3) is 4.15. The number of carbonyl (C=O) groups is 1. The molecule has 1 aromatic carbocycles. The molecule has 1 saturated heterocycles. The van der Waals surface area contributed by atoms with Gasteiger partial charge in [-0.05, 0) is 30.2 Å². The zero-order valence-corrected chi connectivity index (χ0v) is 18.3. The number of pyridine rings is 1. The highest BCUT2D eigenvalue weighted by atomic mass is 19.4. The van der Waals surface area contributed by atoms with E-state index in [0.717, 1.165) is 4.90 Å². The molecule has 1 amide bonds. The predicted molar refractivity (Wildman–Crippen MR) is 115 cm³/mol. The minimum absolute atomic E-state index is 0.0304. The number of nitrogens with one attached hydrogen (secondary N) is 1. The molecule has 1 N–H and O–H groups in total. The highest BCUT2D eigenvalue weighted by molar-refractivity contribution is 6.00. The molecule has 0 spiro atoms. The van der Waals surface area contributed by atoms with Crippen LogP contribution >= 0.6 is 0 Å². The van der Waals surface area contributed by atoms with E-state index in [-0.39, 0.29) is 44.0 Å². The lowest BCUT2D eigenvalue weighted by Crippen LogP contribution is -2.59. The van der Waals surface area contributed by atoms with E-state index in [2.05, 4.69) is 10.3 Å². The topological polar surface area (TPSA) is 68.1 Å². The average Bonchev–Trinajstić information content (AvgIpc) is 3.20. The van der Waals surface area contributed by atoms with Crippen molar-refractivity contribution in [3.63, 3.8) is 0 Å². The number of aromatic nitrogens is 2. The molecular formula is C23H22F4N4O3. The van der Waals surface area contributed by atoms with Crippen molar-refractivity contribution in [1.82, 2.24) is 19.6 Å². The minimum Gasteiger partial charge on any atom is -0.496 e. The molecular weight excluding hydrogens is 456 g/mol. The molecule has 0 unspecified atom stereocenters. The van der Waals surface area contributed by atoms with Crippen molar-refractivity contribution in [1.29, 1.82) is 0 Å². The number of rotatable bonds is 6. The highest BCUT2D eigenvalue weighted by Crippen LogP contribution is 2.35. The molecule has 0 radical (unpaired) electrons. The summed E-state index contributed by atoms with van der Waals surface area (Å²) in [5, 5.41) is 2.88. The Morgan fingerprint density at radius 2 is 2.03 bits per heavy atom. The van der Waals surface area contributed by atoms with Crippen molar-refractivity contribution < 1.29 is 31.8 Å². The summed E-state index contributed by atoms with van der Waals surface area (Å²) < 4.78 is 65.5. The molecule has 7 nitrogen and oxygen atoms in total. The molecule has 2 aliphatic heterocycles. The Morgan fingerprint density at radius 1 is 1.24 bits per heavy atom. The maximum absolute atomic E-state index is 14.2. The highest BCUT2D eigenvalue weighted by Gasteiger charge is 2.38. The first kappa shape index (κ1) is 22.5. The van der Waals surface area contributed by atoms with Crippen LogP contribution in [-0.4, -0.2) is 71.9 Å². The van der Waals surface area contributed by atoms with E-state index in [4.69, 9.17) is 9.47 Å². The Hall–Kier alpha value is -3.34. The van der Waals surface area contributed by atoms with Gasteiger partial charge in [0, 0.05) is 37.5 Å². The van der Waals surface area contributed by atoms with Crippen LogP contribution in [0.25, 0.3) is 16.9 Å². The van der Waals surface area contributed by atoms with Crippen molar-refractivity contribution in [2.45, 2.75) is 18.3 Å². The van der Waals surface area contributed by atoms with Gasteiger partial charge in [-0.1, -0.05) is 0 Å². The summed E-state index contributed by atoms with van der Waals surface area (Å²) in [6.07, 6.45) is -0.804. The average molecular weight is 478 g/mol. The molecule has 0 saturated carbocycles. The summed E-state index contributed by atoms with van der Waals surface area (Å²) in [5.41, 5.74) is 1.40. The largest absolute Gasteiger partial charge is 0.496 e. The zero-order chi connectivity index (χ0) is 24.1. The second kappa shape index (κ2) is 8.15. The zero-order valence-electron chi connectivity index (χ0n) is 18.3. The monoisotopic (exact) mass is 478 g/mol. The van der Waals surface area contributed by atoms with Crippen LogP contribution in [0.4, 0.5) is 17.6 Å². The van der Waals surface area contributed by atoms with Gasteiger partial charge >= 0.3 is 6.18 Å². The maximum atomic E-state index is 14.2. The molecule has 11 heteroatoms. The summed E-state index contributed by atoms with van der Waals surface area (Å²) >= 11 is 0. The van der Waals surface area contributed by atoms with Gasteiger partial charge in [0.25, 0.3) is 5.91 Å². The fourth-order valence-electron chi connectivity index (χ4n) is 4.28. The molecule has 1 fully saturated rings. The molecule has 2 aromatic heterocycles. The van der Waals surface area contributed by atoms with Crippen LogP contribution in [0.15, 0.2) is 36.7 Å². The Bertz CT molecular complexity index is 1240. The molecule has 0 atom stereocenters. The molecule has 0 bridgehead atoms. The summed E-state index contributed by atoms with van der Waals surface area (Å²) in [6, 6.07) is 6.82. The normalized spacial score (nSPS) is 17.4. The Balaban J connectivity index is 1.44. The van der Waals surface area contributed by atoms with Gasteiger partial charge in [0.05, 0.1) is 24.6 Å². The number of halogens is 4. The lowest BCUT2D eigenvalue weighted by atomic mass is 9.94. The second-order valence-electron chi connectivity index (χ2n) is 8.58. The lowest BCUT2D eigenvalue weighted by Gasteiger charge is -2.34. The first-order valence-electron chi connectivity index (χ1n) is 10.7. The van der Waals surface area contributed by atoms with Crippen LogP contribution in [0, 0.1) is 0 Å². The lowest BCUT2D eigenvalue weighted by molar-refractivity contribution is -0.141. The predicted octanol–water partition coefficient (Wildman–Crippen LogP) is 3.26. The number of fused-ring (bicyclic) bond motifs is 2. The molecule has 3 aromatic rings. The molecule has 5 rings (SSSR count). The number of amides is 1. The molecule has 180 valence electrons. The molecule has 4 heterocycles. The number of nitrogens with zero attached hydrogens (tertiary/aromatic N) is 3. The van der Waals surface area contributed by atoms with E-state index in [0.29, 0.717) is 28.2 Å². The third-order valence-corrected chi connectivity index (χ3v) is 6.09. The van der Waals surface area contributed by atoms with Crippen LogP contribution in [0.2, 0.25) is 0 Å². The van der Waals surface area contributed by atoms with Crippen LogP contribution in [0.3, 0.4) is 0 Å². The number of methoxy groups -OCH3 is 1. The van der Waals surface area contributed by atoms with E-state index in [1.165, 1.54) is 7.11 Å². The summed E-state index contributed by atoms with van der Waals surface area (Å²) in [6.45, 7) is -0.852. The molecule has 2 aliphatic rings. The van der Waals surface area contributed by atoms with E-state index >= 15 is 0 Å². The number of hydrogen-bond donors (Lipinski definition) is 1. The van der Waals surface area contributed by atoms with Gasteiger partial charge in [-0.3, -0.25) is 9.20 Å². The van der Waals surface area contributed by atoms with E-state index in [1.807, 2.05) is 4.40 Å². The SMILES string of the molecule is COc1cc(-c2cnc3cc(OCC4(F)CNC4)ccn23)cc2c1C(=O)N(CC(F)(F)F)CC2. The van der Waals surface area contributed by atoms with Gasteiger partial charge in [0.1, 0.15) is 30.3 Å². The van der Waals surface area contributed by atoms with Gasteiger partial charge in [-0.15, -0.1) is 0 Å². The summed E-state index contributed by atoms with van der Waals surface area (Å²) in [4.78, 5) is 18.0. The van der Waals surface area contributed by atoms with Crippen molar-refractivity contribution in [2.24, 2.45) is 0 Å². The Kier molecular flexibility index (Phi) is 5.38. The molecule has 34 heavy (non-hydrogen) atoms. The minimum atomic E-state index is -4.47. The maximum Gasteiger partial charge on any atom is 0.406 e. The van der Waals surface area contributed by atoms with Gasteiger partial charge in [-0.25, -0.2) is 9.37 Å². The number of hydrogen-bond acceptors (Lipinski definition) is 5. The van der Waals surface area contributed by atoms with Crippen LogP contribution in [-0.2, 0) is 6.42 Å². The number of carbonyl (C=O) groups excluding carboxylic acids is 1. The van der Waals surface area contributed by atoms with Crippen molar-refractivity contribution in [3.05, 3.63) is 47.8 Å². The summed E-state index contributed by atoms with van der Waals surface area (Å²) in [5.74, 6) is 0.00258. The second-order valence-corrected chi connectivity index (χ2v) is 8.58. The fraction of sp³-hybridized carbons (Fsp3) is 0.391. The van der Waals surface area contributed by atoms with Crippen LogP contribution < -0.4 is 14.8 Å². The number of ether oxygens (including phenoxy) is 2. The first-order valence-corrected chi connectivity index (χ1v) is 10.7. The van der Waals surface area contributed by atoms with Crippen LogP contribution in [0.1, 0.15) is 15.9 Å². The van der Waals surface area contributed by atoms with Crippen molar-refractivity contribution in [2.75, 3.05) is 39.9 Å². The van der Waals surface area contributed by atoms with Gasteiger partial charge < -0.3 is 19.7 Å². The number of imidazole rings is 1. The third-order valence-electron chi connectivity index (χ3n) is 6.09. The van der Waals surface area contributed by atoms with E-state index in [1.54, 1.807) is 36.7 Å².